The number of aryl methyl sites for hydroxylation is 1. The monoisotopic (exact) mass is 286 g/mol. The molecule has 21 heavy (non-hydrogen) atoms. The molecule has 5 nitrogen and oxygen atoms in total. The first-order valence-corrected chi connectivity index (χ1v) is 7.07. The largest absolute Gasteiger partial charge is 0.458 e. The molecule has 0 spiro atoms. The van der Waals surface area contributed by atoms with Gasteiger partial charge < -0.3 is 9.30 Å². The fourth-order valence-corrected chi connectivity index (χ4v) is 2.73. The van der Waals surface area contributed by atoms with Crippen molar-refractivity contribution in [3.05, 3.63) is 30.1 Å². The molecule has 1 aliphatic heterocycles. The van der Waals surface area contributed by atoms with Crippen LogP contribution in [0.15, 0.2) is 24.4 Å². The van der Waals surface area contributed by atoms with E-state index in [2.05, 4.69) is 4.98 Å². The first kappa shape index (κ1) is 13.8. The van der Waals surface area contributed by atoms with Crippen LogP contribution in [0.3, 0.4) is 0 Å². The minimum atomic E-state index is -0.894. The predicted molar refractivity (Wildman–Crippen MR) is 77.9 cm³/mol. The van der Waals surface area contributed by atoms with Crippen LogP contribution in [-0.2, 0) is 20.7 Å². The van der Waals surface area contributed by atoms with Gasteiger partial charge in [0, 0.05) is 18.3 Å². The smallest absolute Gasteiger partial charge is 0.337 e. The Morgan fingerprint density at radius 1 is 1.38 bits per heavy atom. The number of hydrogen-bond donors (Lipinski definition) is 0. The van der Waals surface area contributed by atoms with E-state index >= 15 is 0 Å². The summed E-state index contributed by atoms with van der Waals surface area (Å²) in [6.45, 7) is 5.40. The van der Waals surface area contributed by atoms with Crippen LogP contribution < -0.4 is 0 Å². The van der Waals surface area contributed by atoms with Gasteiger partial charge in [0.05, 0.1) is 11.0 Å². The van der Waals surface area contributed by atoms with Gasteiger partial charge in [0.15, 0.2) is 11.8 Å². The molecule has 0 bridgehead atoms. The molecule has 2 aromatic heterocycles. The minimum absolute atomic E-state index is 0.0990. The maximum atomic E-state index is 12.4. The van der Waals surface area contributed by atoms with Crippen molar-refractivity contribution in [2.45, 2.75) is 45.3 Å². The van der Waals surface area contributed by atoms with Crippen molar-refractivity contribution in [3.63, 3.8) is 0 Å². The van der Waals surface area contributed by atoms with Crippen molar-refractivity contribution in [1.82, 2.24) is 9.55 Å². The molecule has 3 rings (SSSR count). The van der Waals surface area contributed by atoms with Crippen molar-refractivity contribution in [2.75, 3.05) is 0 Å². The first-order valence-electron chi connectivity index (χ1n) is 7.07. The molecule has 0 aromatic carbocycles. The standard InChI is InChI=1S/C16H18N2O3/c1-16(2,3)21-15(20)14-13(19)7-6-10-9-11-12(18(10)14)5-4-8-17-11/h4-5,8-9,14H,6-7H2,1-3H3. The quantitative estimate of drug-likeness (QED) is 0.596. The van der Waals surface area contributed by atoms with Crippen molar-refractivity contribution in [2.24, 2.45) is 0 Å². The number of Topliss-reactive ketones (excluding diaryl/α,β-unsaturated/α-hetero) is 1. The highest BCUT2D eigenvalue weighted by atomic mass is 16.6. The fraction of sp³-hybridized carbons (Fsp3) is 0.438. The normalized spacial score (nSPS) is 18.6. The van der Waals surface area contributed by atoms with E-state index in [4.69, 9.17) is 4.74 Å². The molecule has 5 heteroatoms. The summed E-state index contributed by atoms with van der Waals surface area (Å²) in [5.74, 6) is -0.590. The number of ether oxygens (including phenoxy) is 1. The molecule has 0 saturated heterocycles. The Morgan fingerprint density at radius 2 is 2.14 bits per heavy atom. The summed E-state index contributed by atoms with van der Waals surface area (Å²) >= 11 is 0. The number of nitrogens with zero attached hydrogens (tertiary/aromatic N) is 2. The minimum Gasteiger partial charge on any atom is -0.458 e. The van der Waals surface area contributed by atoms with E-state index in [0.717, 1.165) is 16.7 Å². The van der Waals surface area contributed by atoms with E-state index in [0.29, 0.717) is 12.8 Å². The van der Waals surface area contributed by atoms with E-state index in [1.165, 1.54) is 0 Å². The number of pyridine rings is 1. The summed E-state index contributed by atoms with van der Waals surface area (Å²) < 4.78 is 7.20. The highest BCUT2D eigenvalue weighted by molar-refractivity contribution is 6.03. The highest BCUT2D eigenvalue weighted by Crippen LogP contribution is 2.31. The summed E-state index contributed by atoms with van der Waals surface area (Å²) in [4.78, 5) is 29.0. The number of aromatic nitrogens is 2. The van der Waals surface area contributed by atoms with E-state index in [9.17, 15) is 9.59 Å². The second kappa shape index (κ2) is 4.69. The van der Waals surface area contributed by atoms with E-state index < -0.39 is 17.6 Å². The summed E-state index contributed by atoms with van der Waals surface area (Å²) in [6, 6.07) is 4.73. The zero-order chi connectivity index (χ0) is 15.2. The molecule has 110 valence electrons. The summed E-state index contributed by atoms with van der Waals surface area (Å²) in [6.07, 6.45) is 2.70. The number of carbonyl (C=O) groups is 2. The molecule has 1 unspecified atom stereocenters. The highest BCUT2D eigenvalue weighted by Gasteiger charge is 2.37. The molecule has 2 aromatic rings. The van der Waals surface area contributed by atoms with Gasteiger partial charge in [-0.2, -0.15) is 0 Å². The molecule has 0 N–H and O–H groups in total. The first-order chi connectivity index (χ1) is 9.87. The van der Waals surface area contributed by atoms with Gasteiger partial charge in [0.1, 0.15) is 5.60 Å². The SMILES string of the molecule is CC(C)(C)OC(=O)C1C(=O)CCc2cc3ncccc3n21. The number of ketones is 1. The van der Waals surface area contributed by atoms with Crippen molar-refractivity contribution in [3.8, 4) is 0 Å². The topological polar surface area (TPSA) is 61.2 Å². The molecular formula is C16H18N2O3. The summed E-state index contributed by atoms with van der Waals surface area (Å²) in [5.41, 5.74) is 1.95. The van der Waals surface area contributed by atoms with Gasteiger partial charge in [-0.1, -0.05) is 0 Å². The van der Waals surface area contributed by atoms with E-state index in [-0.39, 0.29) is 5.78 Å². The van der Waals surface area contributed by atoms with Gasteiger partial charge in [0.25, 0.3) is 0 Å². The Labute approximate surface area is 122 Å². The van der Waals surface area contributed by atoms with Gasteiger partial charge in [-0.25, -0.2) is 4.79 Å². The summed E-state index contributed by atoms with van der Waals surface area (Å²) in [5, 5.41) is 0. The van der Waals surface area contributed by atoms with Crippen LogP contribution in [-0.4, -0.2) is 26.9 Å². The fourth-order valence-electron chi connectivity index (χ4n) is 2.73. The molecule has 0 saturated carbocycles. The van der Waals surface area contributed by atoms with Crippen molar-refractivity contribution in [1.29, 1.82) is 0 Å². The Balaban J connectivity index is 2.10. The molecule has 1 atom stereocenters. The van der Waals surface area contributed by atoms with E-state index in [1.54, 1.807) is 37.6 Å². The van der Waals surface area contributed by atoms with Crippen molar-refractivity contribution < 1.29 is 14.3 Å². The lowest BCUT2D eigenvalue weighted by atomic mass is 10.0. The molecule has 0 fully saturated rings. The second-order valence-electron chi connectivity index (χ2n) is 6.32. The van der Waals surface area contributed by atoms with Gasteiger partial charge in [0.2, 0.25) is 0 Å². The van der Waals surface area contributed by atoms with E-state index in [1.807, 2.05) is 12.1 Å². The maximum absolute atomic E-state index is 12.4. The zero-order valence-electron chi connectivity index (χ0n) is 12.4. The zero-order valence-corrected chi connectivity index (χ0v) is 12.4. The number of rotatable bonds is 1. The Bertz CT molecular complexity index is 725. The molecule has 0 radical (unpaired) electrons. The van der Waals surface area contributed by atoms with Crippen LogP contribution in [0.2, 0.25) is 0 Å². The molecule has 0 aliphatic carbocycles. The van der Waals surface area contributed by atoms with Crippen molar-refractivity contribution >= 4 is 22.8 Å². The number of carbonyl (C=O) groups excluding carboxylic acids is 2. The lowest BCUT2D eigenvalue weighted by Crippen LogP contribution is -2.37. The van der Waals surface area contributed by atoms with Gasteiger partial charge >= 0.3 is 5.97 Å². The third kappa shape index (κ3) is 2.44. The van der Waals surface area contributed by atoms with Crippen LogP contribution in [0.5, 0.6) is 0 Å². The number of hydrogen-bond acceptors (Lipinski definition) is 4. The van der Waals surface area contributed by atoms with Crippen LogP contribution in [0, 0.1) is 0 Å². The van der Waals surface area contributed by atoms with Crippen LogP contribution in [0.25, 0.3) is 11.0 Å². The Morgan fingerprint density at radius 3 is 2.86 bits per heavy atom. The third-order valence-electron chi connectivity index (χ3n) is 3.51. The predicted octanol–water partition coefficient (Wildman–Crippen LogP) is 2.43. The third-order valence-corrected chi connectivity index (χ3v) is 3.51. The van der Waals surface area contributed by atoms with Gasteiger partial charge in [-0.15, -0.1) is 0 Å². The number of fused-ring (bicyclic) bond motifs is 3. The van der Waals surface area contributed by atoms with Gasteiger partial charge in [-0.05, 0) is 45.4 Å². The Kier molecular flexibility index (Phi) is 3.08. The second-order valence-corrected chi connectivity index (χ2v) is 6.32. The van der Waals surface area contributed by atoms with Crippen LogP contribution in [0.1, 0.15) is 38.9 Å². The number of esters is 1. The van der Waals surface area contributed by atoms with Crippen LogP contribution in [0.4, 0.5) is 0 Å². The summed E-state index contributed by atoms with van der Waals surface area (Å²) in [7, 11) is 0. The lowest BCUT2D eigenvalue weighted by Gasteiger charge is -2.28. The average Bonchev–Trinajstić information content (AvgIpc) is 2.75. The Hall–Kier alpha value is -2.17. The maximum Gasteiger partial charge on any atom is 0.337 e. The molecule has 0 amide bonds. The molecule has 3 heterocycles. The molecule has 1 aliphatic rings. The average molecular weight is 286 g/mol. The molecular weight excluding hydrogens is 268 g/mol. The van der Waals surface area contributed by atoms with Gasteiger partial charge in [-0.3, -0.25) is 9.78 Å². The lowest BCUT2D eigenvalue weighted by molar-refractivity contribution is -0.161. The van der Waals surface area contributed by atoms with Crippen LogP contribution >= 0.6 is 0 Å².